The van der Waals surface area contributed by atoms with Crippen LogP contribution in [-0.4, -0.2) is 66.7 Å². The van der Waals surface area contributed by atoms with Crippen molar-refractivity contribution in [1.29, 1.82) is 0 Å². The van der Waals surface area contributed by atoms with Crippen molar-refractivity contribution in [2.75, 3.05) is 26.8 Å². The second-order valence-electron chi connectivity index (χ2n) is 15.6. The van der Waals surface area contributed by atoms with Gasteiger partial charge in [-0.25, -0.2) is 28.5 Å². The van der Waals surface area contributed by atoms with Crippen LogP contribution in [0.5, 0.6) is 23.0 Å². The predicted octanol–water partition coefficient (Wildman–Crippen LogP) is 3.96. The molecule has 1 saturated heterocycles. The molecule has 6 aromatic rings. The Kier molecular flexibility index (Phi) is 9.44. The number of phenolic OH excluding ortho intramolecular Hbond substituents is 1. The van der Waals surface area contributed by atoms with E-state index in [-0.39, 0.29) is 37.4 Å². The highest BCUT2D eigenvalue weighted by Gasteiger charge is 2.69. The van der Waals surface area contributed by atoms with Crippen LogP contribution < -0.4 is 36.6 Å². The van der Waals surface area contributed by atoms with Gasteiger partial charge in [-0.1, -0.05) is 60.2 Å². The molecule has 2 N–H and O–H groups in total. The molecule has 2 aliphatic heterocycles. The summed E-state index contributed by atoms with van der Waals surface area (Å²) in [5, 5.41) is 12.8. The first kappa shape index (κ1) is 39.1. The Morgan fingerprint density at radius 2 is 1.59 bits per heavy atom. The molecule has 1 aliphatic carbocycles. The van der Waals surface area contributed by atoms with Gasteiger partial charge in [-0.15, -0.1) is 0 Å². The zero-order chi connectivity index (χ0) is 42.9. The highest BCUT2D eigenvalue weighted by molar-refractivity contribution is 6.12. The van der Waals surface area contributed by atoms with Crippen LogP contribution in [0.1, 0.15) is 40.8 Å². The number of imide groups is 1. The number of hydrogen-bond acceptors (Lipinski definition) is 11. The number of nitrogens with zero attached hydrogens (tertiary/aromatic N) is 6. The number of rotatable bonds is 10. The van der Waals surface area contributed by atoms with Crippen molar-refractivity contribution in [2.45, 2.75) is 50.2 Å². The fourth-order valence-corrected chi connectivity index (χ4v) is 9.58. The number of methoxy groups -OCH3 is 3. The van der Waals surface area contributed by atoms with Gasteiger partial charge in [0.2, 0.25) is 0 Å². The molecular weight excluding hydrogens is 783 g/mol. The second-order valence-corrected chi connectivity index (χ2v) is 15.6. The Labute approximate surface area is 348 Å². The van der Waals surface area contributed by atoms with E-state index in [9.17, 15) is 24.3 Å². The third-order valence-electron chi connectivity index (χ3n) is 12.5. The summed E-state index contributed by atoms with van der Waals surface area (Å²) in [6.07, 6.45) is 1.75. The van der Waals surface area contributed by atoms with Gasteiger partial charge in [0.15, 0.2) is 11.5 Å². The number of allylic oxidation sites excluding steroid dienone is 2. The Morgan fingerprint density at radius 3 is 2.28 bits per heavy atom. The van der Waals surface area contributed by atoms with E-state index in [0.717, 1.165) is 15.1 Å². The van der Waals surface area contributed by atoms with E-state index in [1.807, 2.05) is 31.2 Å². The SMILES string of the molecule is COc1ccc(C2C3=CCn4c(=O)n(CCc5nc6cc(OC)c(OC)cc6n(C)c5=O)c(=O)n4C3CC3C(=O)N(Nc4ccc(C)cc4)C(=O)C32c2ccccc2)c(O)c1. The number of hydrazine groups is 1. The van der Waals surface area contributed by atoms with Crippen molar-refractivity contribution < 1.29 is 28.9 Å². The molecule has 4 heterocycles. The van der Waals surface area contributed by atoms with Crippen LogP contribution in [0.25, 0.3) is 11.0 Å². The molecule has 4 atom stereocenters. The molecule has 16 heteroatoms. The van der Waals surface area contributed by atoms with Crippen molar-refractivity contribution in [3.8, 4) is 23.0 Å². The molecule has 3 aliphatic rings. The summed E-state index contributed by atoms with van der Waals surface area (Å²) in [5.74, 6) is -2.03. The Bertz CT molecular complexity index is 2980. The highest BCUT2D eigenvalue weighted by atomic mass is 16.5. The molecule has 312 valence electrons. The molecular formula is C45H43N7O9. The number of aryl methyl sites for hydroxylation is 3. The fourth-order valence-electron chi connectivity index (χ4n) is 9.58. The van der Waals surface area contributed by atoms with Gasteiger partial charge in [0.1, 0.15) is 17.2 Å². The van der Waals surface area contributed by atoms with E-state index >= 15 is 4.79 Å². The molecule has 2 fully saturated rings. The van der Waals surface area contributed by atoms with E-state index in [2.05, 4.69) is 10.4 Å². The first-order valence-corrected chi connectivity index (χ1v) is 19.8. The zero-order valence-electron chi connectivity index (χ0n) is 34.1. The van der Waals surface area contributed by atoms with E-state index in [1.54, 1.807) is 67.7 Å². The van der Waals surface area contributed by atoms with E-state index in [4.69, 9.17) is 14.2 Å². The number of anilines is 1. The summed E-state index contributed by atoms with van der Waals surface area (Å²) in [5.41, 5.74) is 3.93. The van der Waals surface area contributed by atoms with Crippen LogP contribution in [0.3, 0.4) is 0 Å². The third-order valence-corrected chi connectivity index (χ3v) is 12.5. The molecule has 0 radical (unpaired) electrons. The molecule has 0 spiro atoms. The molecule has 16 nitrogen and oxygen atoms in total. The maximum Gasteiger partial charge on any atom is 0.347 e. The number of fused-ring (bicyclic) bond motifs is 5. The minimum atomic E-state index is -1.59. The van der Waals surface area contributed by atoms with E-state index < -0.39 is 52.0 Å². The lowest BCUT2D eigenvalue weighted by atomic mass is 9.53. The van der Waals surface area contributed by atoms with Crippen LogP contribution >= 0.6 is 0 Å². The quantitative estimate of drug-likeness (QED) is 0.151. The maximum atomic E-state index is 15.4. The number of aromatic hydroxyl groups is 1. The molecule has 9 rings (SSSR count). The number of carbonyl (C=O) groups is 2. The van der Waals surface area contributed by atoms with Gasteiger partial charge in [0.05, 0.1) is 62.0 Å². The number of carbonyl (C=O) groups excluding carboxylic acids is 2. The summed E-state index contributed by atoms with van der Waals surface area (Å²) >= 11 is 0. The van der Waals surface area contributed by atoms with Crippen molar-refractivity contribution in [2.24, 2.45) is 13.0 Å². The minimum absolute atomic E-state index is 0.0216. The summed E-state index contributed by atoms with van der Waals surface area (Å²) in [6.45, 7) is 1.72. The first-order chi connectivity index (χ1) is 29.4. The topological polar surface area (TPSA) is 181 Å². The highest BCUT2D eigenvalue weighted by Crippen LogP contribution is 2.62. The fraction of sp³-hybridized carbons (Fsp3) is 0.289. The number of aromatic nitrogens is 5. The van der Waals surface area contributed by atoms with Gasteiger partial charge in [0, 0.05) is 49.7 Å². The van der Waals surface area contributed by atoms with Crippen LogP contribution in [0.4, 0.5) is 5.69 Å². The van der Waals surface area contributed by atoms with Gasteiger partial charge in [-0.05, 0) is 42.7 Å². The Balaban J connectivity index is 1.17. The van der Waals surface area contributed by atoms with Crippen molar-refractivity contribution in [3.05, 3.63) is 150 Å². The Morgan fingerprint density at radius 1 is 0.869 bits per heavy atom. The normalized spacial score (nSPS) is 20.5. The standard InChI is InChI=1S/C45H43N7O9/c1-25-11-13-27(14-12-25)47-51-40(54)31-22-34-29(39(30-16-15-28(59-3)21-36(30)53)45(31,42(51)56)26-9-7-6-8-10-26)17-20-50-43(57)49(44(58)52(34)50)19-18-32-41(55)48(2)35-24-38(61-5)37(60-4)23-33(35)46-32/h6-17,21,23-24,31,34,39,47,53H,18-20,22H2,1-5H3. The largest absolute Gasteiger partial charge is 0.508 e. The molecule has 4 aromatic carbocycles. The van der Waals surface area contributed by atoms with Gasteiger partial charge in [0.25, 0.3) is 17.4 Å². The van der Waals surface area contributed by atoms with Crippen LogP contribution in [-0.2, 0) is 41.6 Å². The number of amides is 2. The smallest absolute Gasteiger partial charge is 0.347 e. The molecule has 0 bridgehead atoms. The summed E-state index contributed by atoms with van der Waals surface area (Å²) in [4.78, 5) is 77.3. The number of nitrogens with one attached hydrogen (secondary N) is 1. The van der Waals surface area contributed by atoms with Gasteiger partial charge in [-0.3, -0.25) is 19.8 Å². The zero-order valence-corrected chi connectivity index (χ0v) is 34.1. The van der Waals surface area contributed by atoms with Crippen LogP contribution in [0.15, 0.2) is 111 Å². The average Bonchev–Trinajstić information content (AvgIpc) is 3.64. The van der Waals surface area contributed by atoms with Crippen molar-refractivity contribution in [1.82, 2.24) is 28.5 Å². The second kappa shape index (κ2) is 14.7. The Hall–Kier alpha value is -7.36. The number of ether oxygens (including phenoxy) is 3. The maximum absolute atomic E-state index is 15.4. The monoisotopic (exact) mass is 825 g/mol. The lowest BCUT2D eigenvalue weighted by Gasteiger charge is -2.49. The van der Waals surface area contributed by atoms with Crippen molar-refractivity contribution >= 4 is 28.5 Å². The lowest BCUT2D eigenvalue weighted by Crippen LogP contribution is -2.53. The third kappa shape index (κ3) is 5.87. The van der Waals surface area contributed by atoms with Gasteiger partial charge < -0.3 is 23.9 Å². The molecule has 1 saturated carbocycles. The summed E-state index contributed by atoms with van der Waals surface area (Å²) in [7, 11) is 6.07. The van der Waals surface area contributed by atoms with Gasteiger partial charge in [-0.2, -0.15) is 5.01 Å². The number of phenols is 1. The lowest BCUT2D eigenvalue weighted by molar-refractivity contribution is -0.138. The molecule has 4 unspecified atom stereocenters. The van der Waals surface area contributed by atoms with Gasteiger partial charge >= 0.3 is 11.4 Å². The molecule has 2 amide bonds. The predicted molar refractivity (Wildman–Crippen MR) is 224 cm³/mol. The van der Waals surface area contributed by atoms with Crippen LogP contribution in [0.2, 0.25) is 0 Å². The number of hydrogen-bond donors (Lipinski definition) is 2. The van der Waals surface area contributed by atoms with Crippen molar-refractivity contribution in [3.63, 3.8) is 0 Å². The summed E-state index contributed by atoms with van der Waals surface area (Å²) in [6, 6.07) is 23.6. The van der Waals surface area contributed by atoms with E-state index in [1.165, 1.54) is 41.3 Å². The first-order valence-electron chi connectivity index (χ1n) is 19.8. The average molecular weight is 826 g/mol. The molecule has 61 heavy (non-hydrogen) atoms. The minimum Gasteiger partial charge on any atom is -0.508 e. The number of benzene rings is 4. The summed E-state index contributed by atoms with van der Waals surface area (Å²) < 4.78 is 21.5. The van der Waals surface area contributed by atoms with Crippen LogP contribution in [0, 0.1) is 12.8 Å². The molecule has 2 aromatic heterocycles. The van der Waals surface area contributed by atoms with E-state index in [0.29, 0.717) is 50.7 Å².